The highest BCUT2D eigenvalue weighted by Crippen LogP contribution is 2.38. The average Bonchev–Trinajstić information content (AvgIpc) is 3.33. The Bertz CT molecular complexity index is 1210. The largest absolute Gasteiger partial charge is 0.434 e. The fraction of sp³-hybridized carbons (Fsp3) is 0.174. The lowest BCUT2D eigenvalue weighted by Gasteiger charge is -2.18. The molecule has 0 amide bonds. The quantitative estimate of drug-likeness (QED) is 0.397. The van der Waals surface area contributed by atoms with E-state index in [-0.39, 0.29) is 11.8 Å². The summed E-state index contributed by atoms with van der Waals surface area (Å²) in [6.45, 7) is -2.30. The van der Waals surface area contributed by atoms with E-state index in [0.717, 1.165) is 28.1 Å². The zero-order valence-electron chi connectivity index (χ0n) is 16.2. The first-order chi connectivity index (χ1) is 14.6. The van der Waals surface area contributed by atoms with E-state index in [0.29, 0.717) is 12.1 Å². The van der Waals surface area contributed by atoms with Crippen LogP contribution in [-0.4, -0.2) is 29.0 Å². The summed E-state index contributed by atoms with van der Waals surface area (Å²) in [5.41, 5.74) is 4.73. The molecule has 4 nitrogen and oxygen atoms in total. The molecule has 4 aromatic rings. The van der Waals surface area contributed by atoms with Gasteiger partial charge in [-0.2, -0.15) is 8.78 Å². The van der Waals surface area contributed by atoms with Crippen molar-refractivity contribution in [2.24, 2.45) is 0 Å². The van der Waals surface area contributed by atoms with Crippen LogP contribution < -0.4 is 10.1 Å². The van der Waals surface area contributed by atoms with Gasteiger partial charge in [0.1, 0.15) is 5.75 Å². The first-order valence-electron chi connectivity index (χ1n) is 9.58. The zero-order chi connectivity index (χ0) is 20.7. The van der Waals surface area contributed by atoms with E-state index < -0.39 is 6.61 Å². The van der Waals surface area contributed by atoms with E-state index in [1.165, 1.54) is 4.90 Å². The molecule has 0 saturated heterocycles. The number of anilines is 1. The maximum absolute atomic E-state index is 12.9. The van der Waals surface area contributed by atoms with Gasteiger partial charge in [-0.15, -0.1) is 11.8 Å². The van der Waals surface area contributed by atoms with Crippen molar-refractivity contribution in [3.05, 3.63) is 72.3 Å². The fourth-order valence-corrected chi connectivity index (χ4v) is 4.39. The van der Waals surface area contributed by atoms with Crippen molar-refractivity contribution in [2.45, 2.75) is 17.5 Å². The SMILES string of the molecule is CSc1ccc(-c2ccc3nc4n(c3c2)C(c2ccccc2OC(F)F)CN4)cc1. The van der Waals surface area contributed by atoms with Crippen LogP contribution in [0.4, 0.5) is 14.7 Å². The molecule has 1 unspecified atom stereocenters. The number of alkyl halides is 2. The van der Waals surface area contributed by atoms with Crippen LogP contribution in [0.2, 0.25) is 0 Å². The van der Waals surface area contributed by atoms with Gasteiger partial charge in [0, 0.05) is 17.0 Å². The summed E-state index contributed by atoms with van der Waals surface area (Å²) in [6, 6.07) is 21.3. The molecule has 30 heavy (non-hydrogen) atoms. The second-order valence-electron chi connectivity index (χ2n) is 7.05. The Labute approximate surface area is 176 Å². The summed E-state index contributed by atoms with van der Waals surface area (Å²) in [5, 5.41) is 3.30. The van der Waals surface area contributed by atoms with E-state index >= 15 is 0 Å². The van der Waals surface area contributed by atoms with Crippen molar-refractivity contribution >= 4 is 28.7 Å². The summed E-state index contributed by atoms with van der Waals surface area (Å²) >= 11 is 1.71. The van der Waals surface area contributed by atoms with Crippen LogP contribution in [0.5, 0.6) is 5.75 Å². The van der Waals surface area contributed by atoms with Crippen molar-refractivity contribution in [2.75, 3.05) is 18.1 Å². The third-order valence-electron chi connectivity index (χ3n) is 5.37. The summed E-state index contributed by atoms with van der Waals surface area (Å²) in [5.74, 6) is 0.925. The predicted molar refractivity (Wildman–Crippen MR) is 117 cm³/mol. The van der Waals surface area contributed by atoms with Crippen molar-refractivity contribution < 1.29 is 13.5 Å². The van der Waals surface area contributed by atoms with Crippen molar-refractivity contribution in [1.82, 2.24) is 9.55 Å². The number of ether oxygens (including phenoxy) is 1. The van der Waals surface area contributed by atoms with Gasteiger partial charge in [-0.1, -0.05) is 36.4 Å². The van der Waals surface area contributed by atoms with Gasteiger partial charge in [-0.05, 0) is 47.7 Å². The number of halogens is 2. The molecule has 1 aliphatic heterocycles. The standard InChI is InChI=1S/C23H19F2N3OS/c1-30-16-9-6-14(7-10-16)15-8-11-18-19(12-15)28-20(13-26-23(28)27-18)17-4-2-3-5-21(17)29-22(24)25/h2-12,20,22H,13H2,1H3,(H,26,27). The second-order valence-corrected chi connectivity index (χ2v) is 7.93. The predicted octanol–water partition coefficient (Wildman–Crippen LogP) is 6.04. The van der Waals surface area contributed by atoms with E-state index in [1.807, 2.05) is 18.2 Å². The number of nitrogens with zero attached hydrogens (tertiary/aromatic N) is 2. The van der Waals surface area contributed by atoms with Crippen molar-refractivity contribution in [3.63, 3.8) is 0 Å². The van der Waals surface area contributed by atoms with Gasteiger partial charge in [-0.25, -0.2) is 4.98 Å². The molecule has 1 aliphatic rings. The Hall–Kier alpha value is -3.06. The summed E-state index contributed by atoms with van der Waals surface area (Å²) in [4.78, 5) is 5.89. The van der Waals surface area contributed by atoms with E-state index in [9.17, 15) is 8.78 Å². The summed E-state index contributed by atoms with van der Waals surface area (Å²) in [6.07, 6.45) is 2.05. The van der Waals surface area contributed by atoms with Gasteiger partial charge >= 0.3 is 6.61 Å². The normalized spacial score (nSPS) is 15.4. The molecule has 5 rings (SSSR count). The minimum atomic E-state index is -2.87. The van der Waals surface area contributed by atoms with Crippen LogP contribution in [0.1, 0.15) is 11.6 Å². The Kier molecular flexibility index (Phi) is 4.83. The molecule has 152 valence electrons. The fourth-order valence-electron chi connectivity index (χ4n) is 3.98. The third-order valence-corrected chi connectivity index (χ3v) is 6.12. The molecule has 0 saturated carbocycles. The van der Waals surface area contributed by atoms with Crippen LogP contribution in [-0.2, 0) is 0 Å². The summed E-state index contributed by atoms with van der Waals surface area (Å²) in [7, 11) is 0. The van der Waals surface area contributed by atoms with Crippen molar-refractivity contribution in [1.29, 1.82) is 0 Å². The smallest absolute Gasteiger partial charge is 0.387 e. The first kappa shape index (κ1) is 18.9. The van der Waals surface area contributed by atoms with Gasteiger partial charge in [-0.3, -0.25) is 0 Å². The number of rotatable bonds is 5. The molecule has 1 N–H and O–H groups in total. The van der Waals surface area contributed by atoms with Crippen LogP contribution in [0.25, 0.3) is 22.2 Å². The highest BCUT2D eigenvalue weighted by molar-refractivity contribution is 7.98. The monoisotopic (exact) mass is 423 g/mol. The molecular weight excluding hydrogens is 404 g/mol. The van der Waals surface area contributed by atoms with E-state index in [2.05, 4.69) is 57.5 Å². The zero-order valence-corrected chi connectivity index (χ0v) is 17.0. The lowest BCUT2D eigenvalue weighted by Crippen LogP contribution is -2.13. The molecule has 0 radical (unpaired) electrons. The lowest BCUT2D eigenvalue weighted by atomic mass is 10.0. The minimum absolute atomic E-state index is 0.186. The molecular formula is C23H19F2N3OS. The number of fused-ring (bicyclic) bond motifs is 3. The molecule has 1 aromatic heterocycles. The molecule has 0 aliphatic carbocycles. The molecule has 0 fully saturated rings. The van der Waals surface area contributed by atoms with E-state index in [4.69, 9.17) is 4.74 Å². The summed E-state index contributed by atoms with van der Waals surface area (Å²) < 4.78 is 32.7. The molecule has 2 heterocycles. The number of nitrogens with one attached hydrogen (secondary N) is 1. The van der Waals surface area contributed by atoms with Crippen molar-refractivity contribution in [3.8, 4) is 16.9 Å². The highest BCUT2D eigenvalue weighted by Gasteiger charge is 2.29. The molecule has 3 aromatic carbocycles. The second kappa shape index (κ2) is 7.65. The van der Waals surface area contributed by atoms with Gasteiger partial charge in [0.25, 0.3) is 0 Å². The molecule has 0 bridgehead atoms. The Morgan fingerprint density at radius 2 is 1.83 bits per heavy atom. The Balaban J connectivity index is 1.60. The van der Waals surface area contributed by atoms with Gasteiger partial charge in [0.05, 0.1) is 17.1 Å². The number of benzene rings is 3. The van der Waals surface area contributed by atoms with Gasteiger partial charge < -0.3 is 14.6 Å². The van der Waals surface area contributed by atoms with E-state index in [1.54, 1.807) is 23.9 Å². The minimum Gasteiger partial charge on any atom is -0.434 e. The van der Waals surface area contributed by atoms with Gasteiger partial charge in [0.2, 0.25) is 5.95 Å². The Morgan fingerprint density at radius 1 is 1.07 bits per heavy atom. The van der Waals surface area contributed by atoms with Crippen LogP contribution in [0.3, 0.4) is 0 Å². The number of aromatic nitrogens is 2. The topological polar surface area (TPSA) is 39.1 Å². The highest BCUT2D eigenvalue weighted by atomic mass is 32.2. The molecule has 7 heteroatoms. The van der Waals surface area contributed by atoms with Crippen LogP contribution >= 0.6 is 11.8 Å². The average molecular weight is 423 g/mol. The number of imidazole rings is 1. The number of para-hydroxylation sites is 1. The number of thioether (sulfide) groups is 1. The van der Waals surface area contributed by atoms with Crippen LogP contribution in [0, 0.1) is 0 Å². The Morgan fingerprint density at radius 3 is 2.60 bits per heavy atom. The lowest BCUT2D eigenvalue weighted by molar-refractivity contribution is -0.0506. The number of hydrogen-bond acceptors (Lipinski definition) is 4. The van der Waals surface area contributed by atoms with Crippen LogP contribution in [0.15, 0.2) is 71.6 Å². The third kappa shape index (κ3) is 3.29. The number of hydrogen-bond donors (Lipinski definition) is 1. The molecule has 1 atom stereocenters. The maximum Gasteiger partial charge on any atom is 0.387 e. The maximum atomic E-state index is 12.9. The molecule has 0 spiro atoms. The van der Waals surface area contributed by atoms with Gasteiger partial charge in [0.15, 0.2) is 0 Å². The first-order valence-corrected chi connectivity index (χ1v) is 10.8.